The molecule has 1 atom stereocenters. The second kappa shape index (κ2) is 4.91. The van der Waals surface area contributed by atoms with E-state index in [-0.39, 0.29) is 0 Å². The van der Waals surface area contributed by atoms with Crippen molar-refractivity contribution in [2.45, 2.75) is 26.4 Å². The van der Waals surface area contributed by atoms with Crippen molar-refractivity contribution in [2.24, 2.45) is 5.73 Å². The van der Waals surface area contributed by atoms with Crippen LogP contribution in [-0.4, -0.2) is 11.7 Å². The minimum absolute atomic E-state index is 0.449. The molecule has 1 rings (SSSR count). The fraction of sp³-hybridized carbons (Fsp3) is 0.455. The van der Waals surface area contributed by atoms with Crippen LogP contribution in [0.15, 0.2) is 16.6 Å². The Bertz CT molecular complexity index is 302. The predicted molar refractivity (Wildman–Crippen MR) is 62.2 cm³/mol. The molecule has 1 unspecified atom stereocenters. The molecular formula is C11H16BrNO. The first-order valence-corrected chi connectivity index (χ1v) is 5.50. The Morgan fingerprint density at radius 1 is 1.43 bits per heavy atom. The highest BCUT2D eigenvalue weighted by atomic mass is 79.9. The van der Waals surface area contributed by atoms with Crippen molar-refractivity contribution in [1.82, 2.24) is 0 Å². The van der Waals surface area contributed by atoms with E-state index >= 15 is 0 Å². The van der Waals surface area contributed by atoms with Crippen LogP contribution in [0.25, 0.3) is 0 Å². The van der Waals surface area contributed by atoms with Gasteiger partial charge in [-0.2, -0.15) is 0 Å². The van der Waals surface area contributed by atoms with Crippen molar-refractivity contribution in [1.29, 1.82) is 0 Å². The molecule has 0 aliphatic heterocycles. The molecule has 0 radical (unpaired) electrons. The van der Waals surface area contributed by atoms with E-state index in [1.165, 1.54) is 11.1 Å². The number of nitrogens with two attached hydrogens (primary N) is 1. The Balaban J connectivity index is 3.00. The second-order valence-corrected chi connectivity index (χ2v) is 4.39. The number of aliphatic hydroxyl groups is 1. The molecule has 3 heteroatoms. The summed E-state index contributed by atoms with van der Waals surface area (Å²) >= 11 is 3.47. The molecule has 1 aromatic carbocycles. The summed E-state index contributed by atoms with van der Waals surface area (Å²) in [5, 5.41) is 9.76. The first-order chi connectivity index (χ1) is 6.56. The Morgan fingerprint density at radius 3 is 2.57 bits per heavy atom. The molecule has 0 aliphatic rings. The van der Waals surface area contributed by atoms with Crippen molar-refractivity contribution in [3.8, 4) is 0 Å². The SMILES string of the molecule is Cc1cc(C(O)CCN)cc(Br)c1C. The zero-order chi connectivity index (χ0) is 10.7. The second-order valence-electron chi connectivity index (χ2n) is 3.54. The van der Waals surface area contributed by atoms with Gasteiger partial charge in [0, 0.05) is 4.47 Å². The van der Waals surface area contributed by atoms with Gasteiger partial charge >= 0.3 is 0 Å². The van der Waals surface area contributed by atoms with Crippen LogP contribution in [0.4, 0.5) is 0 Å². The van der Waals surface area contributed by atoms with Crippen LogP contribution in [-0.2, 0) is 0 Å². The molecule has 0 aromatic heterocycles. The monoisotopic (exact) mass is 257 g/mol. The Labute approximate surface area is 93.3 Å². The summed E-state index contributed by atoms with van der Waals surface area (Å²) in [5.41, 5.74) is 8.74. The molecule has 0 fully saturated rings. The highest BCUT2D eigenvalue weighted by molar-refractivity contribution is 9.10. The van der Waals surface area contributed by atoms with Crippen molar-refractivity contribution >= 4 is 15.9 Å². The van der Waals surface area contributed by atoms with Crippen LogP contribution in [0, 0.1) is 13.8 Å². The average molecular weight is 258 g/mol. The van der Waals surface area contributed by atoms with Crippen molar-refractivity contribution < 1.29 is 5.11 Å². The van der Waals surface area contributed by atoms with Gasteiger partial charge in [-0.15, -0.1) is 0 Å². The van der Waals surface area contributed by atoms with Crippen LogP contribution in [0.3, 0.4) is 0 Å². The van der Waals surface area contributed by atoms with Gasteiger partial charge in [-0.1, -0.05) is 22.0 Å². The van der Waals surface area contributed by atoms with Crippen LogP contribution in [0.5, 0.6) is 0 Å². The maximum atomic E-state index is 9.76. The summed E-state index contributed by atoms with van der Waals surface area (Å²) in [6.07, 6.45) is 0.158. The molecule has 0 spiro atoms. The van der Waals surface area contributed by atoms with E-state index in [4.69, 9.17) is 5.73 Å². The van der Waals surface area contributed by atoms with E-state index in [1.54, 1.807) is 0 Å². The van der Waals surface area contributed by atoms with Crippen LogP contribution < -0.4 is 5.73 Å². The number of aliphatic hydroxyl groups excluding tert-OH is 1. The van der Waals surface area contributed by atoms with E-state index < -0.39 is 6.10 Å². The Kier molecular flexibility index (Phi) is 4.11. The smallest absolute Gasteiger partial charge is 0.0802 e. The van der Waals surface area contributed by atoms with E-state index in [0.717, 1.165) is 10.0 Å². The third-order valence-electron chi connectivity index (χ3n) is 2.45. The minimum Gasteiger partial charge on any atom is -0.388 e. The van der Waals surface area contributed by atoms with Crippen molar-refractivity contribution in [3.63, 3.8) is 0 Å². The number of hydrogen-bond acceptors (Lipinski definition) is 2. The molecule has 1 aromatic rings. The Morgan fingerprint density at radius 2 is 2.07 bits per heavy atom. The molecule has 2 nitrogen and oxygen atoms in total. The molecule has 0 bridgehead atoms. The standard InChI is InChI=1S/C11H16BrNO/c1-7-5-9(11(14)3-4-13)6-10(12)8(7)2/h5-6,11,14H,3-4,13H2,1-2H3. The maximum Gasteiger partial charge on any atom is 0.0802 e. The fourth-order valence-electron chi connectivity index (χ4n) is 1.36. The van der Waals surface area contributed by atoms with Crippen molar-refractivity contribution in [2.75, 3.05) is 6.54 Å². The summed E-state index contributed by atoms with van der Waals surface area (Å²) in [7, 11) is 0. The van der Waals surface area contributed by atoms with Gasteiger partial charge in [0.1, 0.15) is 0 Å². The highest BCUT2D eigenvalue weighted by Gasteiger charge is 2.09. The van der Waals surface area contributed by atoms with Gasteiger partial charge in [0.15, 0.2) is 0 Å². The van der Waals surface area contributed by atoms with Gasteiger partial charge in [0.25, 0.3) is 0 Å². The van der Waals surface area contributed by atoms with E-state index in [1.807, 2.05) is 19.1 Å². The summed E-state index contributed by atoms with van der Waals surface area (Å²) in [6.45, 7) is 4.60. The van der Waals surface area contributed by atoms with Crippen molar-refractivity contribution in [3.05, 3.63) is 33.3 Å². The molecule has 0 heterocycles. The summed E-state index contributed by atoms with van der Waals surface area (Å²) in [5.74, 6) is 0. The third-order valence-corrected chi connectivity index (χ3v) is 3.27. The lowest BCUT2D eigenvalue weighted by atomic mass is 10.0. The zero-order valence-corrected chi connectivity index (χ0v) is 10.1. The first-order valence-electron chi connectivity index (χ1n) is 4.71. The van der Waals surface area contributed by atoms with Gasteiger partial charge in [0.05, 0.1) is 6.10 Å². The molecule has 14 heavy (non-hydrogen) atoms. The lowest BCUT2D eigenvalue weighted by Crippen LogP contribution is -2.07. The third kappa shape index (κ3) is 2.56. The maximum absolute atomic E-state index is 9.76. The first kappa shape index (κ1) is 11.7. The molecule has 0 amide bonds. The molecule has 0 saturated carbocycles. The lowest BCUT2D eigenvalue weighted by Gasteiger charge is -2.13. The molecular weight excluding hydrogens is 242 g/mol. The quantitative estimate of drug-likeness (QED) is 0.874. The van der Waals surface area contributed by atoms with Gasteiger partial charge < -0.3 is 10.8 Å². The van der Waals surface area contributed by atoms with Gasteiger partial charge in [-0.3, -0.25) is 0 Å². The molecule has 78 valence electrons. The predicted octanol–water partition coefficient (Wildman–Crippen LogP) is 2.45. The average Bonchev–Trinajstić information content (AvgIpc) is 2.13. The molecule has 3 N–H and O–H groups in total. The molecule has 0 saturated heterocycles. The summed E-state index contributed by atoms with van der Waals surface area (Å²) < 4.78 is 1.04. The number of rotatable bonds is 3. The number of benzene rings is 1. The van der Waals surface area contributed by atoms with Gasteiger partial charge in [-0.05, 0) is 49.6 Å². The van der Waals surface area contributed by atoms with Gasteiger partial charge in [0.2, 0.25) is 0 Å². The normalized spacial score (nSPS) is 12.9. The Hall–Kier alpha value is -0.380. The summed E-state index contributed by atoms with van der Waals surface area (Å²) in [4.78, 5) is 0. The number of halogens is 1. The number of hydrogen-bond donors (Lipinski definition) is 2. The van der Waals surface area contributed by atoms with Gasteiger partial charge in [-0.25, -0.2) is 0 Å². The van der Waals surface area contributed by atoms with Crippen LogP contribution in [0.1, 0.15) is 29.2 Å². The highest BCUT2D eigenvalue weighted by Crippen LogP contribution is 2.26. The lowest BCUT2D eigenvalue weighted by molar-refractivity contribution is 0.170. The largest absolute Gasteiger partial charge is 0.388 e. The van der Waals surface area contributed by atoms with Crippen LogP contribution >= 0.6 is 15.9 Å². The van der Waals surface area contributed by atoms with E-state index in [0.29, 0.717) is 13.0 Å². The minimum atomic E-state index is -0.449. The topological polar surface area (TPSA) is 46.2 Å². The zero-order valence-electron chi connectivity index (χ0n) is 8.55. The summed E-state index contributed by atoms with van der Waals surface area (Å²) in [6, 6.07) is 3.98. The number of aryl methyl sites for hydroxylation is 1. The molecule has 0 aliphatic carbocycles. The van der Waals surface area contributed by atoms with E-state index in [9.17, 15) is 5.11 Å². The fourth-order valence-corrected chi connectivity index (χ4v) is 1.94. The van der Waals surface area contributed by atoms with Crippen LogP contribution in [0.2, 0.25) is 0 Å². The van der Waals surface area contributed by atoms with E-state index in [2.05, 4.69) is 22.9 Å².